The van der Waals surface area contributed by atoms with E-state index in [1.54, 1.807) is 6.07 Å². The van der Waals surface area contributed by atoms with Gasteiger partial charge in [-0.3, -0.25) is 9.69 Å². The van der Waals surface area contributed by atoms with Crippen LogP contribution in [0.4, 0.5) is 5.82 Å². The Morgan fingerprint density at radius 1 is 1.12 bits per heavy atom. The molecule has 0 aliphatic carbocycles. The van der Waals surface area contributed by atoms with Gasteiger partial charge in [0.15, 0.2) is 0 Å². The first-order chi connectivity index (χ1) is 12.6. The molecule has 26 heavy (non-hydrogen) atoms. The Labute approximate surface area is 155 Å². The molecule has 2 aromatic rings. The number of amides is 1. The van der Waals surface area contributed by atoms with Gasteiger partial charge < -0.3 is 10.2 Å². The molecule has 0 unspecified atom stereocenters. The summed E-state index contributed by atoms with van der Waals surface area (Å²) in [4.78, 5) is 25.4. The predicted molar refractivity (Wildman–Crippen MR) is 103 cm³/mol. The van der Waals surface area contributed by atoms with Crippen molar-refractivity contribution < 1.29 is 4.79 Å². The van der Waals surface area contributed by atoms with E-state index in [2.05, 4.69) is 63.2 Å². The number of aromatic nitrogens is 2. The Morgan fingerprint density at radius 2 is 1.85 bits per heavy atom. The molecule has 1 saturated heterocycles. The molecule has 1 fully saturated rings. The van der Waals surface area contributed by atoms with E-state index in [1.807, 2.05) is 6.07 Å². The topological polar surface area (TPSA) is 61.4 Å². The van der Waals surface area contributed by atoms with E-state index in [1.165, 1.54) is 11.9 Å². The third-order valence-electron chi connectivity index (χ3n) is 4.50. The Kier molecular flexibility index (Phi) is 6.17. The lowest BCUT2D eigenvalue weighted by molar-refractivity contribution is 0.0944. The smallest absolute Gasteiger partial charge is 0.270 e. The maximum atomic E-state index is 12.2. The van der Waals surface area contributed by atoms with Crippen LogP contribution in [0, 0.1) is 5.92 Å². The maximum absolute atomic E-state index is 12.2. The number of rotatable bonds is 6. The minimum Gasteiger partial charge on any atom is -0.354 e. The number of benzene rings is 1. The molecule has 2 heterocycles. The number of carbonyl (C=O) groups excluding carboxylic acids is 1. The van der Waals surface area contributed by atoms with Gasteiger partial charge in [0.1, 0.15) is 17.8 Å². The van der Waals surface area contributed by atoms with E-state index < -0.39 is 0 Å². The summed E-state index contributed by atoms with van der Waals surface area (Å²) in [6.07, 6.45) is 1.48. The second-order valence-corrected chi connectivity index (χ2v) is 7.11. The van der Waals surface area contributed by atoms with Crippen molar-refractivity contribution in [2.24, 2.45) is 5.92 Å². The molecule has 1 aromatic heterocycles. The van der Waals surface area contributed by atoms with Crippen LogP contribution in [0.2, 0.25) is 0 Å². The Morgan fingerprint density at radius 3 is 2.54 bits per heavy atom. The van der Waals surface area contributed by atoms with Crippen LogP contribution >= 0.6 is 0 Å². The summed E-state index contributed by atoms with van der Waals surface area (Å²) in [6.45, 7) is 9.52. The molecule has 1 amide bonds. The van der Waals surface area contributed by atoms with Crippen LogP contribution in [0.25, 0.3) is 0 Å². The fraction of sp³-hybridized carbons (Fsp3) is 0.450. The van der Waals surface area contributed by atoms with Gasteiger partial charge in [-0.05, 0) is 11.5 Å². The number of piperazine rings is 1. The Hall–Kier alpha value is -2.47. The summed E-state index contributed by atoms with van der Waals surface area (Å²) in [5.41, 5.74) is 1.77. The van der Waals surface area contributed by atoms with E-state index >= 15 is 0 Å². The summed E-state index contributed by atoms with van der Waals surface area (Å²) < 4.78 is 0. The molecule has 6 heteroatoms. The minimum atomic E-state index is -0.134. The minimum absolute atomic E-state index is 0.134. The molecule has 0 saturated carbocycles. The second kappa shape index (κ2) is 8.76. The van der Waals surface area contributed by atoms with Gasteiger partial charge in [0.25, 0.3) is 5.91 Å². The number of carbonyl (C=O) groups is 1. The Balaban J connectivity index is 1.56. The Bertz CT molecular complexity index is 711. The predicted octanol–water partition coefficient (Wildman–Crippen LogP) is 2.18. The van der Waals surface area contributed by atoms with Gasteiger partial charge in [-0.25, -0.2) is 9.97 Å². The first-order valence-electron chi connectivity index (χ1n) is 9.23. The van der Waals surface area contributed by atoms with Gasteiger partial charge in [0.05, 0.1) is 0 Å². The average molecular weight is 353 g/mol. The van der Waals surface area contributed by atoms with Crippen LogP contribution in [0.1, 0.15) is 29.9 Å². The van der Waals surface area contributed by atoms with Crippen molar-refractivity contribution >= 4 is 11.7 Å². The number of hydrogen-bond acceptors (Lipinski definition) is 5. The fourth-order valence-corrected chi connectivity index (χ4v) is 3.01. The van der Waals surface area contributed by atoms with Gasteiger partial charge >= 0.3 is 0 Å². The summed E-state index contributed by atoms with van der Waals surface area (Å²) in [5.74, 6) is 1.11. The van der Waals surface area contributed by atoms with Gasteiger partial charge in [-0.15, -0.1) is 0 Å². The summed E-state index contributed by atoms with van der Waals surface area (Å²) in [7, 11) is 0. The van der Waals surface area contributed by atoms with Gasteiger partial charge in [-0.2, -0.15) is 0 Å². The van der Waals surface area contributed by atoms with Crippen LogP contribution in [0.5, 0.6) is 0 Å². The highest BCUT2D eigenvalue weighted by molar-refractivity contribution is 5.92. The molecule has 0 bridgehead atoms. The highest BCUT2D eigenvalue weighted by Crippen LogP contribution is 2.15. The van der Waals surface area contributed by atoms with Crippen molar-refractivity contribution in [3.05, 3.63) is 54.0 Å². The summed E-state index contributed by atoms with van der Waals surface area (Å²) in [6, 6.07) is 12.3. The lowest BCUT2D eigenvalue weighted by Gasteiger charge is -2.35. The number of nitrogens with one attached hydrogen (secondary N) is 1. The zero-order valence-corrected chi connectivity index (χ0v) is 15.6. The molecule has 3 rings (SSSR count). The average Bonchev–Trinajstić information content (AvgIpc) is 2.67. The molecule has 1 aliphatic rings. The van der Waals surface area contributed by atoms with E-state index in [0.717, 1.165) is 38.5 Å². The van der Waals surface area contributed by atoms with Crippen LogP contribution in [-0.4, -0.2) is 53.5 Å². The van der Waals surface area contributed by atoms with Crippen molar-refractivity contribution in [2.45, 2.75) is 20.4 Å². The lowest BCUT2D eigenvalue weighted by Crippen LogP contribution is -2.46. The molecular formula is C20H27N5O. The van der Waals surface area contributed by atoms with Crippen molar-refractivity contribution in [2.75, 3.05) is 37.6 Å². The zero-order chi connectivity index (χ0) is 18.4. The highest BCUT2D eigenvalue weighted by Gasteiger charge is 2.19. The molecule has 0 spiro atoms. The van der Waals surface area contributed by atoms with E-state index in [-0.39, 0.29) is 5.91 Å². The monoisotopic (exact) mass is 353 g/mol. The second-order valence-electron chi connectivity index (χ2n) is 7.11. The molecule has 0 atom stereocenters. The van der Waals surface area contributed by atoms with Gasteiger partial charge in [0, 0.05) is 45.3 Å². The number of nitrogens with zero attached hydrogens (tertiary/aromatic N) is 4. The van der Waals surface area contributed by atoms with E-state index in [4.69, 9.17) is 0 Å². The van der Waals surface area contributed by atoms with E-state index in [9.17, 15) is 4.79 Å². The number of anilines is 1. The standard InChI is InChI=1S/C20H27N5O/c1-16(2)13-21-20(26)18-12-19(23-15-22-18)25-10-8-24(9-11-25)14-17-6-4-3-5-7-17/h3-7,12,15-16H,8-11,13-14H2,1-2H3,(H,21,26). The van der Waals surface area contributed by atoms with Gasteiger partial charge in [0.2, 0.25) is 0 Å². The first kappa shape index (κ1) is 18.3. The normalized spacial score (nSPS) is 15.3. The highest BCUT2D eigenvalue weighted by atomic mass is 16.1. The fourth-order valence-electron chi connectivity index (χ4n) is 3.01. The maximum Gasteiger partial charge on any atom is 0.270 e. The van der Waals surface area contributed by atoms with Crippen LogP contribution in [-0.2, 0) is 6.54 Å². The van der Waals surface area contributed by atoms with Crippen LogP contribution in [0.15, 0.2) is 42.7 Å². The SMILES string of the molecule is CC(C)CNC(=O)c1cc(N2CCN(Cc3ccccc3)CC2)ncn1. The van der Waals surface area contributed by atoms with Crippen molar-refractivity contribution in [1.82, 2.24) is 20.2 Å². The van der Waals surface area contributed by atoms with E-state index in [0.29, 0.717) is 18.2 Å². The molecular weight excluding hydrogens is 326 g/mol. The van der Waals surface area contributed by atoms with Crippen LogP contribution < -0.4 is 10.2 Å². The van der Waals surface area contributed by atoms with Crippen molar-refractivity contribution in [3.63, 3.8) is 0 Å². The summed E-state index contributed by atoms with van der Waals surface area (Å²) in [5, 5.41) is 2.91. The van der Waals surface area contributed by atoms with Crippen molar-refractivity contribution in [1.29, 1.82) is 0 Å². The number of hydrogen-bond donors (Lipinski definition) is 1. The first-order valence-corrected chi connectivity index (χ1v) is 9.23. The van der Waals surface area contributed by atoms with Crippen molar-refractivity contribution in [3.8, 4) is 0 Å². The summed E-state index contributed by atoms with van der Waals surface area (Å²) >= 11 is 0. The molecule has 1 aliphatic heterocycles. The quantitative estimate of drug-likeness (QED) is 0.862. The molecule has 0 radical (unpaired) electrons. The van der Waals surface area contributed by atoms with Crippen LogP contribution in [0.3, 0.4) is 0 Å². The third kappa shape index (κ3) is 5.02. The molecule has 1 aromatic carbocycles. The largest absolute Gasteiger partial charge is 0.354 e. The molecule has 1 N–H and O–H groups in total. The molecule has 6 nitrogen and oxygen atoms in total. The van der Waals surface area contributed by atoms with Gasteiger partial charge in [-0.1, -0.05) is 44.2 Å². The third-order valence-corrected chi connectivity index (χ3v) is 4.50. The molecule has 138 valence electrons. The zero-order valence-electron chi connectivity index (χ0n) is 15.6. The lowest BCUT2D eigenvalue weighted by atomic mass is 10.2.